The molecule has 168 valence electrons. The molecule has 0 aromatic heterocycles. The molecule has 1 fully saturated rings. The maximum Gasteiger partial charge on any atom is 0.260 e. The number of sulfonamides is 1. The Balaban J connectivity index is 1.47. The summed E-state index contributed by atoms with van der Waals surface area (Å²) in [4.78, 5) is 12.3. The molecule has 3 atom stereocenters. The molecule has 1 N–H and O–H groups in total. The third kappa shape index (κ3) is 6.53. The van der Waals surface area contributed by atoms with Gasteiger partial charge in [-0.2, -0.15) is 4.31 Å². The van der Waals surface area contributed by atoms with Crippen molar-refractivity contribution in [1.29, 1.82) is 0 Å². The Bertz CT molecular complexity index is 953. The summed E-state index contributed by atoms with van der Waals surface area (Å²) in [7, 11) is -3.46. The number of rotatable bonds is 8. The number of benzene rings is 2. The Morgan fingerprint density at radius 3 is 2.26 bits per heavy atom. The van der Waals surface area contributed by atoms with E-state index in [-0.39, 0.29) is 30.4 Å². The van der Waals surface area contributed by atoms with Gasteiger partial charge in [-0.1, -0.05) is 42.5 Å². The van der Waals surface area contributed by atoms with Crippen LogP contribution in [0.5, 0.6) is 5.75 Å². The molecule has 3 rings (SSSR count). The summed E-state index contributed by atoms with van der Waals surface area (Å²) in [5.74, 6) is 0.0636. The van der Waals surface area contributed by atoms with E-state index in [1.807, 2.05) is 68.4 Å². The standard InChI is InChI=1S/C23H30N2O5S/c1-17-15-25(16-18(2)29-17)31(27,28)14-13-24-23(26)19(3)30-22-11-9-21(10-12-22)20-7-5-4-6-8-20/h4-12,17-19H,13-16H2,1-3H3,(H,24,26)/t17-,18-,19-/m1/s1. The number of hydrogen-bond acceptors (Lipinski definition) is 5. The fourth-order valence-corrected chi connectivity index (χ4v) is 5.04. The number of morpholine rings is 1. The van der Waals surface area contributed by atoms with E-state index >= 15 is 0 Å². The number of amides is 1. The van der Waals surface area contributed by atoms with Crippen LogP contribution in [0.1, 0.15) is 20.8 Å². The van der Waals surface area contributed by atoms with Crippen molar-refractivity contribution in [3.05, 3.63) is 54.6 Å². The molecule has 2 aromatic carbocycles. The predicted molar refractivity (Wildman–Crippen MR) is 120 cm³/mol. The summed E-state index contributed by atoms with van der Waals surface area (Å²) in [6.07, 6.45) is -1.03. The molecule has 0 saturated carbocycles. The number of carbonyl (C=O) groups excluding carboxylic acids is 1. The fraction of sp³-hybridized carbons (Fsp3) is 0.435. The maximum absolute atomic E-state index is 12.6. The Morgan fingerprint density at radius 1 is 1.06 bits per heavy atom. The summed E-state index contributed by atoms with van der Waals surface area (Å²) < 4.78 is 37.8. The topological polar surface area (TPSA) is 84.9 Å². The largest absolute Gasteiger partial charge is 0.481 e. The van der Waals surface area contributed by atoms with Gasteiger partial charge in [-0.05, 0) is 44.0 Å². The smallest absolute Gasteiger partial charge is 0.260 e. The van der Waals surface area contributed by atoms with Gasteiger partial charge in [-0.15, -0.1) is 0 Å². The summed E-state index contributed by atoms with van der Waals surface area (Å²) in [5, 5.41) is 2.66. The molecule has 7 nitrogen and oxygen atoms in total. The number of nitrogens with zero attached hydrogens (tertiary/aromatic N) is 1. The van der Waals surface area contributed by atoms with E-state index in [0.717, 1.165) is 11.1 Å². The molecule has 1 aliphatic rings. The molecule has 1 amide bonds. The van der Waals surface area contributed by atoms with Gasteiger partial charge in [-0.25, -0.2) is 8.42 Å². The van der Waals surface area contributed by atoms with Crippen molar-refractivity contribution in [1.82, 2.24) is 9.62 Å². The molecular weight excluding hydrogens is 416 g/mol. The molecule has 0 bridgehead atoms. The van der Waals surface area contributed by atoms with Crippen LogP contribution in [-0.4, -0.2) is 62.3 Å². The third-order valence-electron chi connectivity index (χ3n) is 5.08. The zero-order valence-corrected chi connectivity index (χ0v) is 19.0. The van der Waals surface area contributed by atoms with Gasteiger partial charge in [0.2, 0.25) is 10.0 Å². The van der Waals surface area contributed by atoms with Crippen LogP contribution in [0.2, 0.25) is 0 Å². The van der Waals surface area contributed by atoms with Crippen molar-refractivity contribution in [2.75, 3.05) is 25.4 Å². The van der Waals surface area contributed by atoms with Gasteiger partial charge in [0.25, 0.3) is 5.91 Å². The van der Waals surface area contributed by atoms with Gasteiger partial charge in [0.05, 0.1) is 18.0 Å². The van der Waals surface area contributed by atoms with Gasteiger partial charge < -0.3 is 14.8 Å². The van der Waals surface area contributed by atoms with E-state index in [9.17, 15) is 13.2 Å². The lowest BCUT2D eigenvalue weighted by atomic mass is 10.1. The molecule has 0 spiro atoms. The normalized spacial score (nSPS) is 20.7. The fourth-order valence-electron chi connectivity index (χ4n) is 3.55. The Labute approximate surface area is 184 Å². The lowest BCUT2D eigenvalue weighted by Gasteiger charge is -2.34. The maximum atomic E-state index is 12.6. The molecule has 0 radical (unpaired) electrons. The van der Waals surface area contributed by atoms with Gasteiger partial charge >= 0.3 is 0 Å². The molecule has 0 aliphatic carbocycles. The second kappa shape index (κ2) is 10.3. The van der Waals surface area contributed by atoms with Crippen LogP contribution in [-0.2, 0) is 19.6 Å². The minimum atomic E-state index is -3.46. The third-order valence-corrected chi connectivity index (χ3v) is 6.89. The lowest BCUT2D eigenvalue weighted by Crippen LogP contribution is -2.50. The highest BCUT2D eigenvalue weighted by Gasteiger charge is 2.30. The van der Waals surface area contributed by atoms with E-state index in [1.165, 1.54) is 4.31 Å². The molecule has 0 unspecified atom stereocenters. The van der Waals surface area contributed by atoms with Gasteiger partial charge in [0, 0.05) is 19.6 Å². The molecule has 2 aromatic rings. The van der Waals surface area contributed by atoms with Crippen LogP contribution in [0.15, 0.2) is 54.6 Å². The summed E-state index contributed by atoms with van der Waals surface area (Å²) >= 11 is 0. The average molecular weight is 447 g/mol. The predicted octanol–water partition coefficient (Wildman–Crippen LogP) is 2.68. The van der Waals surface area contributed by atoms with Crippen molar-refractivity contribution in [3.63, 3.8) is 0 Å². The summed E-state index contributed by atoms with van der Waals surface area (Å²) in [5.41, 5.74) is 2.16. The van der Waals surface area contributed by atoms with Crippen LogP contribution in [0.4, 0.5) is 0 Å². The molecule has 8 heteroatoms. The Hall–Kier alpha value is -2.42. The van der Waals surface area contributed by atoms with E-state index in [0.29, 0.717) is 18.8 Å². The number of ether oxygens (including phenoxy) is 2. The van der Waals surface area contributed by atoms with E-state index in [4.69, 9.17) is 9.47 Å². The van der Waals surface area contributed by atoms with Crippen molar-refractivity contribution >= 4 is 15.9 Å². The number of nitrogens with one attached hydrogen (secondary N) is 1. The highest BCUT2D eigenvalue weighted by molar-refractivity contribution is 7.89. The molecular formula is C23H30N2O5S. The second-order valence-corrected chi connectivity index (χ2v) is 9.92. The first-order valence-electron chi connectivity index (χ1n) is 10.5. The number of hydrogen-bond donors (Lipinski definition) is 1. The lowest BCUT2D eigenvalue weighted by molar-refractivity contribution is -0.127. The second-order valence-electron chi connectivity index (χ2n) is 7.83. The van der Waals surface area contributed by atoms with Crippen molar-refractivity contribution < 1.29 is 22.7 Å². The summed E-state index contributed by atoms with van der Waals surface area (Å²) in [6, 6.07) is 17.5. The van der Waals surface area contributed by atoms with E-state index in [1.54, 1.807) is 6.92 Å². The first-order chi connectivity index (χ1) is 14.7. The van der Waals surface area contributed by atoms with Crippen molar-refractivity contribution in [3.8, 4) is 16.9 Å². The minimum Gasteiger partial charge on any atom is -0.481 e. The monoisotopic (exact) mass is 446 g/mol. The summed E-state index contributed by atoms with van der Waals surface area (Å²) in [6.45, 7) is 6.04. The molecule has 1 saturated heterocycles. The van der Waals surface area contributed by atoms with Gasteiger partial charge in [-0.3, -0.25) is 4.79 Å². The van der Waals surface area contributed by atoms with Crippen LogP contribution < -0.4 is 10.1 Å². The first-order valence-corrected chi connectivity index (χ1v) is 12.1. The molecule has 31 heavy (non-hydrogen) atoms. The molecule has 1 heterocycles. The zero-order chi connectivity index (χ0) is 22.4. The van der Waals surface area contributed by atoms with Gasteiger partial charge in [0.15, 0.2) is 6.10 Å². The van der Waals surface area contributed by atoms with Crippen molar-refractivity contribution in [2.24, 2.45) is 0 Å². The minimum absolute atomic E-state index is 0.0297. The van der Waals surface area contributed by atoms with Crippen molar-refractivity contribution in [2.45, 2.75) is 39.1 Å². The van der Waals surface area contributed by atoms with E-state index < -0.39 is 16.1 Å². The van der Waals surface area contributed by atoms with E-state index in [2.05, 4.69) is 5.32 Å². The molecule has 1 aliphatic heterocycles. The first kappa shape index (κ1) is 23.2. The quantitative estimate of drug-likeness (QED) is 0.674. The SMILES string of the molecule is C[C@@H]1CN(S(=O)(=O)CCNC(=O)[C@@H](C)Oc2ccc(-c3ccccc3)cc2)C[C@@H](C)O1. The van der Waals surface area contributed by atoms with Gasteiger partial charge in [0.1, 0.15) is 5.75 Å². The number of carbonyl (C=O) groups is 1. The highest BCUT2D eigenvalue weighted by atomic mass is 32.2. The average Bonchev–Trinajstić information content (AvgIpc) is 2.74. The highest BCUT2D eigenvalue weighted by Crippen LogP contribution is 2.22. The van der Waals surface area contributed by atoms with Crippen LogP contribution in [0.3, 0.4) is 0 Å². The Morgan fingerprint density at radius 2 is 1.65 bits per heavy atom. The van der Waals surface area contributed by atoms with Crippen LogP contribution in [0.25, 0.3) is 11.1 Å². The zero-order valence-electron chi connectivity index (χ0n) is 18.2. The Kier molecular flexibility index (Phi) is 7.69. The van der Waals surface area contributed by atoms with Crippen LogP contribution >= 0.6 is 0 Å². The van der Waals surface area contributed by atoms with Crippen LogP contribution in [0, 0.1) is 0 Å².